The van der Waals surface area contributed by atoms with Gasteiger partial charge in [-0.05, 0) is 13.8 Å². The molecular weight excluding hydrogens is 226 g/mol. The molecule has 2 aromatic heterocycles. The number of aromatic nitrogens is 4. The summed E-state index contributed by atoms with van der Waals surface area (Å²) in [7, 11) is 1.89. The van der Waals surface area contributed by atoms with Crippen LogP contribution in [-0.2, 0) is 7.05 Å². The number of nitrogens with two attached hydrogens (primary N) is 1. The van der Waals surface area contributed by atoms with Gasteiger partial charge >= 0.3 is 0 Å². The van der Waals surface area contributed by atoms with Crippen molar-refractivity contribution in [2.45, 2.75) is 39.7 Å². The van der Waals surface area contributed by atoms with E-state index in [1.165, 1.54) is 0 Å². The number of nitrogens with zero attached hydrogens (tertiary/aromatic N) is 4. The van der Waals surface area contributed by atoms with Crippen molar-refractivity contribution in [1.82, 2.24) is 19.3 Å². The third kappa shape index (κ3) is 2.00. The summed E-state index contributed by atoms with van der Waals surface area (Å²) in [6.07, 6.45) is 3.74. The molecule has 2 N–H and O–H groups in total. The highest BCUT2D eigenvalue weighted by Gasteiger charge is 2.20. The first-order valence-electron chi connectivity index (χ1n) is 6.28. The number of aryl methyl sites for hydroxylation is 1. The summed E-state index contributed by atoms with van der Waals surface area (Å²) in [5.41, 5.74) is 8.05. The third-order valence-electron chi connectivity index (χ3n) is 2.99. The van der Waals surface area contributed by atoms with Gasteiger partial charge in [0.15, 0.2) is 0 Å². The van der Waals surface area contributed by atoms with Gasteiger partial charge in [-0.1, -0.05) is 13.8 Å². The van der Waals surface area contributed by atoms with E-state index in [1.807, 2.05) is 13.2 Å². The van der Waals surface area contributed by atoms with Gasteiger partial charge in [0.25, 0.3) is 0 Å². The monoisotopic (exact) mass is 247 g/mol. The van der Waals surface area contributed by atoms with Gasteiger partial charge in [-0.3, -0.25) is 4.68 Å². The average molecular weight is 247 g/mol. The van der Waals surface area contributed by atoms with Gasteiger partial charge in [0.05, 0.1) is 6.20 Å². The maximum atomic E-state index is 6.25. The van der Waals surface area contributed by atoms with Crippen LogP contribution in [-0.4, -0.2) is 19.3 Å². The molecule has 18 heavy (non-hydrogen) atoms. The van der Waals surface area contributed by atoms with E-state index in [9.17, 15) is 0 Å². The lowest BCUT2D eigenvalue weighted by Gasteiger charge is -2.15. The third-order valence-corrected chi connectivity index (χ3v) is 2.99. The SMILES string of the molecule is CC(C)c1nc(-c2cnn(C)c2)c(N)n1C(C)C. The number of anilines is 1. The number of hydrogen-bond acceptors (Lipinski definition) is 3. The summed E-state index contributed by atoms with van der Waals surface area (Å²) < 4.78 is 3.87. The average Bonchev–Trinajstić information content (AvgIpc) is 2.81. The Morgan fingerprint density at radius 2 is 1.89 bits per heavy atom. The van der Waals surface area contributed by atoms with Crippen molar-refractivity contribution in [3.05, 3.63) is 18.2 Å². The molecule has 0 radical (unpaired) electrons. The van der Waals surface area contributed by atoms with Crippen LogP contribution in [0, 0.1) is 0 Å². The van der Waals surface area contributed by atoms with E-state index in [4.69, 9.17) is 10.7 Å². The first kappa shape index (κ1) is 12.7. The standard InChI is InChI=1S/C13H21N5/c1-8(2)13-16-11(10-6-15-17(5)7-10)12(14)18(13)9(3)4/h6-9H,14H2,1-5H3. The zero-order chi connectivity index (χ0) is 13.4. The molecule has 0 unspecified atom stereocenters. The van der Waals surface area contributed by atoms with Gasteiger partial charge in [0, 0.05) is 30.8 Å². The van der Waals surface area contributed by atoms with Gasteiger partial charge in [-0.15, -0.1) is 0 Å². The lowest BCUT2D eigenvalue weighted by Crippen LogP contribution is -2.10. The van der Waals surface area contributed by atoms with E-state index in [0.717, 1.165) is 22.9 Å². The predicted octanol–water partition coefficient (Wildman–Crippen LogP) is 2.57. The number of rotatable bonds is 3. The molecule has 0 aliphatic rings. The smallest absolute Gasteiger partial charge is 0.132 e. The minimum atomic E-state index is 0.306. The van der Waals surface area contributed by atoms with Gasteiger partial charge in [0.1, 0.15) is 17.3 Å². The fourth-order valence-electron chi connectivity index (χ4n) is 2.17. The van der Waals surface area contributed by atoms with Gasteiger partial charge in [-0.2, -0.15) is 5.10 Å². The van der Waals surface area contributed by atoms with E-state index >= 15 is 0 Å². The van der Waals surface area contributed by atoms with E-state index in [2.05, 4.69) is 37.4 Å². The second kappa shape index (κ2) is 4.48. The number of hydrogen-bond donors (Lipinski definition) is 1. The van der Waals surface area contributed by atoms with Crippen molar-refractivity contribution in [1.29, 1.82) is 0 Å². The Kier molecular flexibility index (Phi) is 3.15. The molecule has 0 bridgehead atoms. The molecule has 2 rings (SSSR count). The van der Waals surface area contributed by atoms with Crippen molar-refractivity contribution in [2.75, 3.05) is 5.73 Å². The Morgan fingerprint density at radius 3 is 2.28 bits per heavy atom. The van der Waals surface area contributed by atoms with Crippen LogP contribution in [0.1, 0.15) is 45.5 Å². The molecule has 0 aliphatic heterocycles. The largest absolute Gasteiger partial charge is 0.383 e. The van der Waals surface area contributed by atoms with Gasteiger partial charge in [-0.25, -0.2) is 4.98 Å². The fourth-order valence-corrected chi connectivity index (χ4v) is 2.17. The summed E-state index contributed by atoms with van der Waals surface area (Å²) >= 11 is 0. The molecule has 0 fully saturated rings. The van der Waals surface area contributed by atoms with Crippen LogP contribution >= 0.6 is 0 Å². The van der Waals surface area contributed by atoms with E-state index in [1.54, 1.807) is 10.9 Å². The zero-order valence-corrected chi connectivity index (χ0v) is 11.7. The van der Waals surface area contributed by atoms with E-state index in [0.29, 0.717) is 12.0 Å². The summed E-state index contributed by atoms with van der Waals surface area (Å²) in [5.74, 6) is 2.10. The molecule has 0 atom stereocenters. The Hall–Kier alpha value is -1.78. The molecule has 0 saturated heterocycles. The lowest BCUT2D eigenvalue weighted by molar-refractivity contribution is 0.556. The summed E-state index contributed by atoms with van der Waals surface area (Å²) in [4.78, 5) is 4.70. The summed E-state index contributed by atoms with van der Waals surface area (Å²) in [5, 5.41) is 4.17. The van der Waals surface area contributed by atoms with Crippen LogP contribution in [0.25, 0.3) is 11.3 Å². The molecule has 0 aromatic carbocycles. The van der Waals surface area contributed by atoms with Crippen molar-refractivity contribution in [2.24, 2.45) is 7.05 Å². The normalized spacial score (nSPS) is 11.7. The van der Waals surface area contributed by atoms with Crippen LogP contribution in [0.15, 0.2) is 12.4 Å². The Bertz CT molecular complexity index is 548. The Morgan fingerprint density at radius 1 is 1.22 bits per heavy atom. The van der Waals surface area contributed by atoms with Crippen molar-refractivity contribution in [3.8, 4) is 11.3 Å². The topological polar surface area (TPSA) is 61.7 Å². The number of nitrogen functional groups attached to an aromatic ring is 1. The van der Waals surface area contributed by atoms with Crippen molar-refractivity contribution in [3.63, 3.8) is 0 Å². The summed E-state index contributed by atoms with van der Waals surface area (Å²) in [6, 6.07) is 0.306. The highest BCUT2D eigenvalue weighted by molar-refractivity contribution is 5.70. The highest BCUT2D eigenvalue weighted by atomic mass is 15.2. The van der Waals surface area contributed by atoms with E-state index < -0.39 is 0 Å². The zero-order valence-electron chi connectivity index (χ0n) is 11.7. The van der Waals surface area contributed by atoms with Crippen LogP contribution in [0.4, 0.5) is 5.82 Å². The fraction of sp³-hybridized carbons (Fsp3) is 0.538. The minimum absolute atomic E-state index is 0.306. The number of imidazole rings is 1. The maximum Gasteiger partial charge on any atom is 0.132 e. The molecule has 5 nitrogen and oxygen atoms in total. The predicted molar refractivity (Wildman–Crippen MR) is 73.3 cm³/mol. The second-order valence-electron chi connectivity index (χ2n) is 5.22. The molecular formula is C13H21N5. The van der Waals surface area contributed by atoms with Crippen LogP contribution in [0.5, 0.6) is 0 Å². The molecule has 0 amide bonds. The molecule has 2 heterocycles. The van der Waals surface area contributed by atoms with Crippen LogP contribution < -0.4 is 5.73 Å². The first-order valence-corrected chi connectivity index (χ1v) is 6.28. The Balaban J connectivity index is 2.60. The minimum Gasteiger partial charge on any atom is -0.383 e. The lowest BCUT2D eigenvalue weighted by atomic mass is 10.2. The maximum absolute atomic E-state index is 6.25. The second-order valence-corrected chi connectivity index (χ2v) is 5.22. The summed E-state index contributed by atoms with van der Waals surface area (Å²) in [6.45, 7) is 8.51. The highest BCUT2D eigenvalue weighted by Crippen LogP contribution is 2.31. The van der Waals surface area contributed by atoms with Crippen molar-refractivity contribution < 1.29 is 0 Å². The molecule has 0 spiro atoms. The molecule has 2 aromatic rings. The first-order chi connectivity index (χ1) is 8.41. The molecule has 0 saturated carbocycles. The quantitative estimate of drug-likeness (QED) is 0.906. The van der Waals surface area contributed by atoms with Gasteiger partial charge in [0.2, 0.25) is 0 Å². The molecule has 98 valence electrons. The molecule has 5 heteroatoms. The van der Waals surface area contributed by atoms with Crippen LogP contribution in [0.2, 0.25) is 0 Å². The van der Waals surface area contributed by atoms with E-state index in [-0.39, 0.29) is 0 Å². The van der Waals surface area contributed by atoms with Crippen LogP contribution in [0.3, 0.4) is 0 Å². The Labute approximate surface area is 108 Å². The van der Waals surface area contributed by atoms with Gasteiger partial charge < -0.3 is 10.3 Å². The molecule has 0 aliphatic carbocycles. The van der Waals surface area contributed by atoms with Crippen molar-refractivity contribution >= 4 is 5.82 Å².